The van der Waals surface area contributed by atoms with Crippen LogP contribution in [-0.2, 0) is 9.53 Å². The molecule has 0 saturated carbocycles. The summed E-state index contributed by atoms with van der Waals surface area (Å²) < 4.78 is 6.72. The smallest absolute Gasteiger partial charge is 0.329 e. The number of aromatic nitrogens is 2. The predicted molar refractivity (Wildman–Crippen MR) is 114 cm³/mol. The minimum Gasteiger partial charge on any atom is -0.464 e. The van der Waals surface area contributed by atoms with Gasteiger partial charge in [0.2, 0.25) is 0 Å². The van der Waals surface area contributed by atoms with Crippen molar-refractivity contribution < 1.29 is 9.53 Å². The first kappa shape index (κ1) is 20.3. The third-order valence-electron chi connectivity index (χ3n) is 5.05. The van der Waals surface area contributed by atoms with Crippen LogP contribution in [0.5, 0.6) is 0 Å². The number of thiophene rings is 1. The highest BCUT2D eigenvalue weighted by atomic mass is 32.1. The van der Waals surface area contributed by atoms with Crippen molar-refractivity contribution in [3.63, 3.8) is 0 Å². The van der Waals surface area contributed by atoms with Crippen LogP contribution >= 0.6 is 11.3 Å². The molecule has 148 valence electrons. The fourth-order valence-corrected chi connectivity index (χ4v) is 4.36. The Morgan fingerprint density at radius 1 is 1.21 bits per heavy atom. The summed E-state index contributed by atoms with van der Waals surface area (Å²) in [7, 11) is 0. The number of carbonyl (C=O) groups is 1. The molecule has 2 heterocycles. The standard InChI is InChI=1S/C22H26N2O3S/c1-6-10-27-22(26)17(7-2)24-12-23-20-19(21(24)25)18(15(5)28-20)16-9-8-13(3)14(4)11-16/h8-9,11-12,17H,6-7,10H2,1-5H3/t17-/m1/s1. The van der Waals surface area contributed by atoms with Crippen LogP contribution in [0.25, 0.3) is 21.3 Å². The first-order chi connectivity index (χ1) is 13.4. The Bertz CT molecular complexity index is 1080. The monoisotopic (exact) mass is 398 g/mol. The number of hydrogen-bond donors (Lipinski definition) is 0. The second-order valence-corrected chi connectivity index (χ2v) is 8.26. The molecule has 0 radical (unpaired) electrons. The summed E-state index contributed by atoms with van der Waals surface area (Å²) in [5.41, 5.74) is 4.11. The Labute approximate surface area is 169 Å². The zero-order valence-corrected chi connectivity index (χ0v) is 17.9. The number of nitrogens with zero attached hydrogens (tertiary/aromatic N) is 2. The molecule has 1 atom stereocenters. The van der Waals surface area contributed by atoms with Crippen molar-refractivity contribution in [1.29, 1.82) is 0 Å². The SMILES string of the molecule is CCCOC(=O)[C@@H](CC)n1cnc2sc(C)c(-c3ccc(C)c(C)c3)c2c1=O. The van der Waals surface area contributed by atoms with Gasteiger partial charge in [-0.25, -0.2) is 9.78 Å². The average molecular weight is 399 g/mol. The van der Waals surface area contributed by atoms with Gasteiger partial charge in [0.15, 0.2) is 0 Å². The largest absolute Gasteiger partial charge is 0.464 e. The van der Waals surface area contributed by atoms with Crippen molar-refractivity contribution in [3.8, 4) is 11.1 Å². The van der Waals surface area contributed by atoms with Crippen molar-refractivity contribution in [1.82, 2.24) is 9.55 Å². The van der Waals surface area contributed by atoms with Gasteiger partial charge < -0.3 is 4.74 Å². The molecule has 0 bridgehead atoms. The fourth-order valence-electron chi connectivity index (χ4n) is 3.36. The number of aryl methyl sites for hydroxylation is 3. The molecular weight excluding hydrogens is 372 g/mol. The Hall–Kier alpha value is -2.47. The van der Waals surface area contributed by atoms with E-state index in [1.54, 1.807) is 0 Å². The zero-order chi connectivity index (χ0) is 20.4. The lowest BCUT2D eigenvalue weighted by Crippen LogP contribution is -2.31. The highest BCUT2D eigenvalue weighted by molar-refractivity contribution is 7.19. The molecule has 6 heteroatoms. The topological polar surface area (TPSA) is 61.2 Å². The third-order valence-corrected chi connectivity index (χ3v) is 6.07. The van der Waals surface area contributed by atoms with Crippen molar-refractivity contribution in [2.45, 2.75) is 53.5 Å². The number of carbonyl (C=O) groups excluding carboxylic acids is 1. The molecule has 0 N–H and O–H groups in total. The second-order valence-electron chi connectivity index (χ2n) is 7.06. The van der Waals surface area contributed by atoms with Crippen molar-refractivity contribution in [3.05, 3.63) is 50.9 Å². The normalized spacial score (nSPS) is 12.3. The van der Waals surface area contributed by atoms with Crippen LogP contribution in [0.4, 0.5) is 0 Å². The van der Waals surface area contributed by atoms with E-state index < -0.39 is 6.04 Å². The lowest BCUT2D eigenvalue weighted by Gasteiger charge is -2.16. The average Bonchev–Trinajstić information content (AvgIpc) is 3.01. The third kappa shape index (κ3) is 3.61. The maximum absolute atomic E-state index is 13.4. The van der Waals surface area contributed by atoms with Crippen LogP contribution in [0.1, 0.15) is 48.7 Å². The fraction of sp³-hybridized carbons (Fsp3) is 0.409. The second kappa shape index (κ2) is 8.27. The van der Waals surface area contributed by atoms with Crippen LogP contribution in [-0.4, -0.2) is 22.1 Å². The molecule has 0 aliphatic heterocycles. The van der Waals surface area contributed by atoms with Gasteiger partial charge in [0.05, 0.1) is 18.3 Å². The maximum Gasteiger partial charge on any atom is 0.329 e. The number of benzene rings is 1. The minimum absolute atomic E-state index is 0.192. The Morgan fingerprint density at radius 3 is 2.61 bits per heavy atom. The first-order valence-electron chi connectivity index (χ1n) is 9.63. The Morgan fingerprint density at radius 2 is 1.96 bits per heavy atom. The molecule has 0 amide bonds. The maximum atomic E-state index is 13.4. The van der Waals surface area contributed by atoms with Gasteiger partial charge in [-0.05, 0) is 50.3 Å². The van der Waals surface area contributed by atoms with Gasteiger partial charge in [0, 0.05) is 10.4 Å². The number of ether oxygens (including phenoxy) is 1. The lowest BCUT2D eigenvalue weighted by molar-refractivity contribution is -0.147. The van der Waals surface area contributed by atoms with Gasteiger partial charge >= 0.3 is 5.97 Å². The van der Waals surface area contributed by atoms with E-state index in [-0.39, 0.29) is 11.5 Å². The first-order valence-corrected chi connectivity index (χ1v) is 10.4. The van der Waals surface area contributed by atoms with E-state index in [0.29, 0.717) is 23.2 Å². The number of hydrogen-bond acceptors (Lipinski definition) is 5. The minimum atomic E-state index is -0.663. The predicted octanol–water partition coefficient (Wildman–Crippen LogP) is 4.95. The summed E-state index contributed by atoms with van der Waals surface area (Å²) in [5.74, 6) is -0.382. The van der Waals surface area contributed by atoms with E-state index in [0.717, 1.165) is 22.4 Å². The summed E-state index contributed by atoms with van der Waals surface area (Å²) in [6.45, 7) is 10.3. The molecule has 1 aromatic carbocycles. The van der Waals surface area contributed by atoms with E-state index in [2.05, 4.69) is 31.0 Å². The molecule has 0 aliphatic rings. The van der Waals surface area contributed by atoms with Crippen LogP contribution < -0.4 is 5.56 Å². The number of esters is 1. The van der Waals surface area contributed by atoms with Crippen molar-refractivity contribution in [2.24, 2.45) is 0 Å². The molecule has 5 nitrogen and oxygen atoms in total. The summed E-state index contributed by atoms with van der Waals surface area (Å²) in [4.78, 5) is 32.1. The summed E-state index contributed by atoms with van der Waals surface area (Å²) in [5, 5.41) is 0.579. The van der Waals surface area contributed by atoms with E-state index >= 15 is 0 Å². The quantitative estimate of drug-likeness (QED) is 0.551. The molecule has 0 spiro atoms. The summed E-state index contributed by atoms with van der Waals surface area (Å²) in [6, 6.07) is 5.55. The van der Waals surface area contributed by atoms with E-state index in [1.807, 2.05) is 26.8 Å². The van der Waals surface area contributed by atoms with Crippen molar-refractivity contribution >= 4 is 27.5 Å². The summed E-state index contributed by atoms with van der Waals surface area (Å²) in [6.07, 6.45) is 2.69. The van der Waals surface area contributed by atoms with Gasteiger partial charge in [-0.15, -0.1) is 11.3 Å². The van der Waals surface area contributed by atoms with E-state index in [9.17, 15) is 9.59 Å². The molecule has 0 unspecified atom stereocenters. The molecule has 0 aliphatic carbocycles. The zero-order valence-electron chi connectivity index (χ0n) is 17.0. The molecule has 3 rings (SSSR count). The Kier molecular flexibility index (Phi) is 5.98. The lowest BCUT2D eigenvalue weighted by atomic mass is 9.99. The van der Waals surface area contributed by atoms with Gasteiger partial charge in [0.25, 0.3) is 5.56 Å². The Balaban J connectivity index is 2.19. The highest BCUT2D eigenvalue weighted by Gasteiger charge is 2.24. The van der Waals surface area contributed by atoms with Gasteiger partial charge in [-0.3, -0.25) is 9.36 Å². The molecule has 2 aromatic heterocycles. The van der Waals surface area contributed by atoms with Crippen LogP contribution in [0.3, 0.4) is 0 Å². The van der Waals surface area contributed by atoms with Gasteiger partial charge in [-0.2, -0.15) is 0 Å². The van der Waals surface area contributed by atoms with Crippen LogP contribution in [0, 0.1) is 20.8 Å². The molecule has 0 saturated heterocycles. The van der Waals surface area contributed by atoms with Gasteiger partial charge in [0.1, 0.15) is 10.9 Å². The van der Waals surface area contributed by atoms with E-state index in [1.165, 1.54) is 33.4 Å². The molecular formula is C22H26N2O3S. The highest BCUT2D eigenvalue weighted by Crippen LogP contribution is 2.36. The van der Waals surface area contributed by atoms with Crippen molar-refractivity contribution in [2.75, 3.05) is 6.61 Å². The van der Waals surface area contributed by atoms with Gasteiger partial charge in [-0.1, -0.05) is 32.0 Å². The molecule has 3 aromatic rings. The molecule has 0 fully saturated rings. The van der Waals surface area contributed by atoms with Crippen LogP contribution in [0.2, 0.25) is 0 Å². The van der Waals surface area contributed by atoms with Crippen LogP contribution in [0.15, 0.2) is 29.3 Å². The number of fused-ring (bicyclic) bond motifs is 1. The summed E-state index contributed by atoms with van der Waals surface area (Å²) >= 11 is 1.51. The van der Waals surface area contributed by atoms with E-state index in [4.69, 9.17) is 4.74 Å². The number of rotatable bonds is 6. The molecule has 28 heavy (non-hydrogen) atoms.